The van der Waals surface area contributed by atoms with E-state index in [1.54, 1.807) is 18.7 Å². The highest BCUT2D eigenvalue weighted by Crippen LogP contribution is 2.67. The fraction of sp³-hybridized carbons (Fsp3) is 0.625. The van der Waals surface area contributed by atoms with Crippen molar-refractivity contribution in [2.75, 3.05) is 6.61 Å². The Hall–Kier alpha value is -1.58. The van der Waals surface area contributed by atoms with E-state index in [1.807, 2.05) is 51.1 Å². The number of hydrogen-bond acceptors (Lipinski definition) is 5. The van der Waals surface area contributed by atoms with Gasteiger partial charge in [0, 0.05) is 22.2 Å². The van der Waals surface area contributed by atoms with Crippen LogP contribution in [0, 0.1) is 11.8 Å². The van der Waals surface area contributed by atoms with Crippen LogP contribution in [0.3, 0.4) is 0 Å². The fourth-order valence-corrected chi connectivity index (χ4v) is 9.17. The second-order valence-corrected chi connectivity index (χ2v) is 13.1. The summed E-state index contributed by atoms with van der Waals surface area (Å²) >= 11 is 5.35. The molecule has 9 heteroatoms. The molecule has 7 atom stereocenters. The Morgan fingerprint density at radius 2 is 1.94 bits per heavy atom. The Kier molecular flexibility index (Phi) is 6.61. The zero-order valence-electron chi connectivity index (χ0n) is 19.4. The number of amides is 3. The standard InChI is InChI=1S/C24H32BrN3O4S/c1-13(12-29)28-19(21(31)27-23(2,3)4)24-10-15(25)18(33-24)16(17(24)22(28)32)20(30)26-11-14-8-6-5-7-9-14/h5-9,13,15-19,29H,10-12H2,1-4H3,(H,26,30)(H,27,31)/t13-,15?,16+,17+,18+,19?,24?/m1/s1. The molecule has 0 radical (unpaired) electrons. The number of hydrogen-bond donors (Lipinski definition) is 3. The smallest absolute Gasteiger partial charge is 0.244 e. The zero-order chi connectivity index (χ0) is 24.1. The number of nitrogens with zero attached hydrogens (tertiary/aromatic N) is 1. The molecular weight excluding hydrogens is 506 g/mol. The maximum absolute atomic E-state index is 13.8. The van der Waals surface area contributed by atoms with Crippen molar-refractivity contribution < 1.29 is 19.5 Å². The molecule has 3 aliphatic heterocycles. The van der Waals surface area contributed by atoms with Crippen LogP contribution in [-0.4, -0.2) is 66.8 Å². The van der Waals surface area contributed by atoms with Crippen molar-refractivity contribution in [1.82, 2.24) is 15.5 Å². The highest BCUT2D eigenvalue weighted by molar-refractivity contribution is 9.09. The molecule has 1 spiro atoms. The Morgan fingerprint density at radius 1 is 1.27 bits per heavy atom. The topological polar surface area (TPSA) is 98.7 Å². The van der Waals surface area contributed by atoms with E-state index in [0.717, 1.165) is 5.56 Å². The molecule has 4 rings (SSSR count). The third-order valence-electron chi connectivity index (χ3n) is 6.83. The molecule has 3 N–H and O–H groups in total. The van der Waals surface area contributed by atoms with Gasteiger partial charge in [-0.25, -0.2) is 0 Å². The average molecular weight is 539 g/mol. The second kappa shape index (κ2) is 8.89. The summed E-state index contributed by atoms with van der Waals surface area (Å²) in [5.41, 5.74) is 0.521. The maximum atomic E-state index is 13.8. The zero-order valence-corrected chi connectivity index (χ0v) is 21.8. The molecule has 3 heterocycles. The Bertz CT molecular complexity index is 939. The van der Waals surface area contributed by atoms with Crippen LogP contribution in [0.15, 0.2) is 30.3 Å². The van der Waals surface area contributed by atoms with E-state index in [2.05, 4.69) is 26.6 Å². The predicted molar refractivity (Wildman–Crippen MR) is 132 cm³/mol. The lowest BCUT2D eigenvalue weighted by atomic mass is 9.70. The monoisotopic (exact) mass is 537 g/mol. The number of benzene rings is 1. The van der Waals surface area contributed by atoms with Crippen LogP contribution in [0.1, 0.15) is 39.7 Å². The lowest BCUT2D eigenvalue weighted by Crippen LogP contribution is -2.59. The summed E-state index contributed by atoms with van der Waals surface area (Å²) in [7, 11) is 0. The number of carbonyl (C=O) groups is 3. The number of likely N-dealkylation sites (tertiary alicyclic amines) is 1. The molecule has 7 nitrogen and oxygen atoms in total. The van der Waals surface area contributed by atoms with Gasteiger partial charge in [0.15, 0.2) is 0 Å². The molecule has 0 aromatic heterocycles. The van der Waals surface area contributed by atoms with Crippen LogP contribution in [0.4, 0.5) is 0 Å². The lowest BCUT2D eigenvalue weighted by Gasteiger charge is -2.38. The molecule has 0 saturated carbocycles. The molecule has 3 fully saturated rings. The number of aliphatic hydroxyl groups excluding tert-OH is 1. The van der Waals surface area contributed by atoms with Crippen LogP contribution in [0.2, 0.25) is 0 Å². The van der Waals surface area contributed by atoms with Crippen molar-refractivity contribution in [3.05, 3.63) is 35.9 Å². The van der Waals surface area contributed by atoms with Gasteiger partial charge in [-0.05, 0) is 39.7 Å². The first kappa shape index (κ1) is 24.5. The largest absolute Gasteiger partial charge is 0.394 e. The number of aliphatic hydroxyl groups is 1. The Balaban J connectivity index is 1.67. The van der Waals surface area contributed by atoms with Crippen molar-refractivity contribution in [1.29, 1.82) is 0 Å². The molecule has 0 aliphatic carbocycles. The van der Waals surface area contributed by atoms with Crippen LogP contribution in [0.25, 0.3) is 0 Å². The highest BCUT2D eigenvalue weighted by atomic mass is 79.9. The predicted octanol–water partition coefficient (Wildman–Crippen LogP) is 2.06. The van der Waals surface area contributed by atoms with Gasteiger partial charge in [0.1, 0.15) is 6.04 Å². The molecule has 3 unspecified atom stereocenters. The van der Waals surface area contributed by atoms with Crippen molar-refractivity contribution in [3.63, 3.8) is 0 Å². The molecule has 1 aromatic carbocycles. The summed E-state index contributed by atoms with van der Waals surface area (Å²) in [5, 5.41) is 15.9. The first-order chi connectivity index (χ1) is 15.5. The number of thioether (sulfide) groups is 1. The van der Waals surface area contributed by atoms with E-state index in [4.69, 9.17) is 0 Å². The Morgan fingerprint density at radius 3 is 2.55 bits per heavy atom. The molecule has 3 saturated heterocycles. The summed E-state index contributed by atoms with van der Waals surface area (Å²) in [6.07, 6.45) is 0.623. The maximum Gasteiger partial charge on any atom is 0.244 e. The number of carbonyl (C=O) groups excluding carboxylic acids is 3. The molecular formula is C24H32BrN3O4S. The van der Waals surface area contributed by atoms with E-state index >= 15 is 0 Å². The minimum Gasteiger partial charge on any atom is -0.394 e. The third kappa shape index (κ3) is 4.21. The first-order valence-electron chi connectivity index (χ1n) is 11.4. The van der Waals surface area contributed by atoms with Crippen molar-refractivity contribution in [2.45, 2.75) is 73.1 Å². The fourth-order valence-electron chi connectivity index (χ4n) is 5.57. The van der Waals surface area contributed by atoms with Crippen molar-refractivity contribution in [2.24, 2.45) is 11.8 Å². The summed E-state index contributed by atoms with van der Waals surface area (Å²) in [4.78, 5) is 42.3. The van der Waals surface area contributed by atoms with E-state index in [1.165, 1.54) is 4.90 Å². The number of alkyl halides is 1. The number of fused-ring (bicyclic) bond motifs is 1. The molecule has 2 bridgehead atoms. The van der Waals surface area contributed by atoms with E-state index in [-0.39, 0.29) is 34.4 Å². The second-order valence-electron chi connectivity index (χ2n) is 10.4. The SMILES string of the molecule is C[C@H](CO)N1C(=O)[C@@H]2[C@H](C(=O)NCc3ccccc3)[C@H]3SC2(CC3Br)C1C(=O)NC(C)(C)C. The minimum atomic E-state index is -0.738. The quantitative estimate of drug-likeness (QED) is 0.482. The van der Waals surface area contributed by atoms with Gasteiger partial charge in [0.2, 0.25) is 17.7 Å². The van der Waals surface area contributed by atoms with Gasteiger partial charge in [-0.3, -0.25) is 14.4 Å². The van der Waals surface area contributed by atoms with Gasteiger partial charge >= 0.3 is 0 Å². The molecule has 3 aliphatic rings. The number of nitrogens with one attached hydrogen (secondary N) is 2. The third-order valence-corrected chi connectivity index (χ3v) is 10.0. The summed E-state index contributed by atoms with van der Waals surface area (Å²) < 4.78 is -0.705. The van der Waals surface area contributed by atoms with Crippen molar-refractivity contribution in [3.8, 4) is 0 Å². The van der Waals surface area contributed by atoms with Gasteiger partial charge in [-0.2, -0.15) is 0 Å². The van der Waals surface area contributed by atoms with E-state index in [0.29, 0.717) is 13.0 Å². The summed E-state index contributed by atoms with van der Waals surface area (Å²) in [6, 6.07) is 8.41. The van der Waals surface area contributed by atoms with Crippen molar-refractivity contribution >= 4 is 45.4 Å². The summed E-state index contributed by atoms with van der Waals surface area (Å²) in [6.45, 7) is 7.61. The van der Waals surface area contributed by atoms with Gasteiger partial charge in [-0.15, -0.1) is 11.8 Å². The van der Waals surface area contributed by atoms with Gasteiger partial charge in [-0.1, -0.05) is 46.3 Å². The molecule has 3 amide bonds. The Labute approximate surface area is 207 Å². The molecule has 180 valence electrons. The van der Waals surface area contributed by atoms with Crippen LogP contribution in [0.5, 0.6) is 0 Å². The first-order valence-corrected chi connectivity index (χ1v) is 13.2. The highest BCUT2D eigenvalue weighted by Gasteiger charge is 2.76. The van der Waals surface area contributed by atoms with Crippen LogP contribution in [-0.2, 0) is 20.9 Å². The molecule has 1 aromatic rings. The minimum absolute atomic E-state index is 0.0216. The molecule has 33 heavy (non-hydrogen) atoms. The van der Waals surface area contributed by atoms with E-state index < -0.39 is 34.2 Å². The lowest BCUT2D eigenvalue weighted by molar-refractivity contribution is -0.142. The van der Waals surface area contributed by atoms with E-state index in [9.17, 15) is 19.5 Å². The van der Waals surface area contributed by atoms with Gasteiger partial charge in [0.05, 0.1) is 29.2 Å². The van der Waals surface area contributed by atoms with Crippen LogP contribution < -0.4 is 10.6 Å². The number of halogens is 1. The van der Waals surface area contributed by atoms with Crippen LogP contribution >= 0.6 is 27.7 Å². The normalized spacial score (nSPS) is 33.7. The van der Waals surface area contributed by atoms with Gasteiger partial charge < -0.3 is 20.6 Å². The summed E-state index contributed by atoms with van der Waals surface area (Å²) in [5.74, 6) is -1.72. The number of rotatable bonds is 6. The average Bonchev–Trinajstić information content (AvgIpc) is 3.34. The van der Waals surface area contributed by atoms with Gasteiger partial charge in [0.25, 0.3) is 0 Å².